The van der Waals surface area contributed by atoms with E-state index in [0.717, 1.165) is 151 Å². The molecule has 660 valence electrons. The zero-order chi connectivity index (χ0) is 86.8. The van der Waals surface area contributed by atoms with Crippen molar-refractivity contribution in [3.8, 4) is 11.5 Å². The van der Waals surface area contributed by atoms with Crippen LogP contribution in [0.15, 0.2) is 170 Å². The molecule has 0 aliphatic carbocycles. The zero-order valence-electron chi connectivity index (χ0n) is 73.7. The van der Waals surface area contributed by atoms with Gasteiger partial charge in [0.2, 0.25) is 23.1 Å². The first-order valence-corrected chi connectivity index (χ1v) is 45.5. The van der Waals surface area contributed by atoms with Crippen molar-refractivity contribution in [3.63, 3.8) is 0 Å². The number of nitrogens with zero attached hydrogens (tertiary/aromatic N) is 20. The minimum atomic E-state index is 0.197. The van der Waals surface area contributed by atoms with E-state index < -0.39 is 0 Å². The van der Waals surface area contributed by atoms with Crippen molar-refractivity contribution < 1.29 is 9.47 Å². The Hall–Kier alpha value is -12.2. The molecule has 30 heteroatoms. The van der Waals surface area contributed by atoms with Crippen LogP contribution in [0.5, 0.6) is 11.5 Å². The molecule has 14 aromatic rings. The Bertz CT molecular complexity index is 5570. The van der Waals surface area contributed by atoms with Gasteiger partial charge in [0.05, 0.1) is 86.7 Å². The van der Waals surface area contributed by atoms with Gasteiger partial charge >= 0.3 is 0 Å². The Morgan fingerprint density at radius 1 is 0.302 bits per heavy atom. The average Bonchev–Trinajstić information content (AvgIpc) is 1.41. The van der Waals surface area contributed by atoms with E-state index in [4.69, 9.17) is 47.6 Å². The third-order valence-electron chi connectivity index (χ3n) is 23.5. The van der Waals surface area contributed by atoms with Crippen LogP contribution in [0.1, 0.15) is 166 Å². The van der Waals surface area contributed by atoms with E-state index in [0.29, 0.717) is 80.2 Å². The Morgan fingerprint density at radius 2 is 0.556 bits per heavy atom. The van der Waals surface area contributed by atoms with Gasteiger partial charge < -0.3 is 47.5 Å². The topological polar surface area (TPSA) is 318 Å². The van der Waals surface area contributed by atoms with Crippen molar-refractivity contribution in [2.45, 2.75) is 176 Å². The summed E-state index contributed by atoms with van der Waals surface area (Å²) in [6.07, 6.45) is 24.3. The molecule has 126 heavy (non-hydrogen) atoms. The van der Waals surface area contributed by atoms with Gasteiger partial charge in [0.15, 0.2) is 22.6 Å². The second-order valence-corrected chi connectivity index (χ2v) is 33.5. The van der Waals surface area contributed by atoms with Crippen molar-refractivity contribution in [1.82, 2.24) is 98.6 Å². The van der Waals surface area contributed by atoms with Crippen LogP contribution < -0.4 is 47.5 Å². The lowest BCUT2D eigenvalue weighted by Crippen LogP contribution is -2.18. The number of halogens is 1. The molecule has 18 rings (SSSR count). The lowest BCUT2D eigenvalue weighted by atomic mass is 10.1. The smallest absolute Gasteiger partial charge is 0.226 e. The third-order valence-corrected chi connectivity index (χ3v) is 23.7. The maximum absolute atomic E-state index is 6.25. The lowest BCUT2D eigenvalue weighted by Gasteiger charge is -2.14. The molecular weight excluding hydrogens is 1600 g/mol. The van der Waals surface area contributed by atoms with Crippen LogP contribution in [0.2, 0.25) is 5.28 Å². The van der Waals surface area contributed by atoms with E-state index in [2.05, 4.69) is 221 Å². The molecule has 4 fully saturated rings. The molecule has 9 N–H and O–H groups in total. The monoisotopic (exact) mass is 1720 g/mol. The van der Waals surface area contributed by atoms with Crippen LogP contribution in [0.3, 0.4) is 0 Å². The number of nitrogen functional groups attached to an aromatic ring is 2. The van der Waals surface area contributed by atoms with E-state index in [-0.39, 0.29) is 5.28 Å². The highest BCUT2D eigenvalue weighted by Crippen LogP contribution is 2.30. The fourth-order valence-corrected chi connectivity index (χ4v) is 16.4. The molecule has 4 saturated heterocycles. The van der Waals surface area contributed by atoms with Crippen molar-refractivity contribution in [1.29, 1.82) is 0 Å². The zero-order valence-corrected chi connectivity index (χ0v) is 74.5. The minimum Gasteiger partial charge on any atom is -0.497 e. The summed E-state index contributed by atoms with van der Waals surface area (Å²) in [4.78, 5) is 46.5. The molecule has 0 bridgehead atoms. The van der Waals surface area contributed by atoms with E-state index >= 15 is 0 Å². The number of aromatic nitrogens is 16. The molecule has 8 aromatic heterocycles. The van der Waals surface area contributed by atoms with Gasteiger partial charge in [-0.05, 0) is 214 Å². The van der Waals surface area contributed by atoms with E-state index in [1.807, 2.05) is 61.3 Å². The summed E-state index contributed by atoms with van der Waals surface area (Å²) in [5.74, 6) is 5.84. The molecule has 0 atom stereocenters. The van der Waals surface area contributed by atoms with Crippen LogP contribution in [0.4, 0.5) is 41.1 Å². The van der Waals surface area contributed by atoms with Gasteiger partial charge in [0, 0.05) is 58.9 Å². The van der Waals surface area contributed by atoms with Crippen LogP contribution in [0, 0.1) is 0 Å². The fraction of sp³-hybridized carbons (Fsp3) is 0.417. The lowest BCUT2D eigenvalue weighted by molar-refractivity contribution is 0.331. The number of anilines is 7. The Balaban J connectivity index is 0.000000130. The number of rotatable bonds is 36. The Kier molecular flexibility index (Phi) is 31.4. The van der Waals surface area contributed by atoms with Gasteiger partial charge in [-0.15, -0.1) is 0 Å². The number of benzene rings is 6. The normalized spacial score (nSPS) is 14.3. The number of nitrogens with two attached hydrogens (primary N) is 2. The summed E-state index contributed by atoms with van der Waals surface area (Å²) in [5, 5.41) is 38.6. The SMILES string of the molecule is CCCCNc1nc(N)c2cnn(Cc3ccc(CN4CCCC4)cc3)c2n1.CCCCNc1nc(N)c2cnn(Cc3ccc(CN4CCCC4)cc3)c2n1.CCCCNc1nc(NCc2ccc(OC)cc2)c2cnn(Cc3ccc(CN4CCCC4)cc3)c2n1.COc1ccc(CNc2nc(Cl)nc3c2cnn3Cc2ccc(CN3CCCC3)cc2)cc1. The summed E-state index contributed by atoms with van der Waals surface area (Å²) >= 11 is 6.25. The molecule has 0 unspecified atom stereocenters. The van der Waals surface area contributed by atoms with Gasteiger partial charge in [-0.2, -0.15) is 60.3 Å². The van der Waals surface area contributed by atoms with Crippen molar-refractivity contribution in [3.05, 3.63) is 231 Å². The number of fused-ring (bicyclic) bond motifs is 4. The largest absolute Gasteiger partial charge is 0.497 e. The van der Waals surface area contributed by atoms with Crippen molar-refractivity contribution in [2.75, 3.05) is 124 Å². The Morgan fingerprint density at radius 3 is 0.849 bits per heavy atom. The predicted octanol–water partition coefficient (Wildman–Crippen LogP) is 16.6. The summed E-state index contributed by atoms with van der Waals surface area (Å²) < 4.78 is 18.1. The van der Waals surface area contributed by atoms with Gasteiger partial charge in [0.1, 0.15) is 34.8 Å². The number of unbranched alkanes of at least 4 members (excludes halogenated alkanes) is 3. The number of hydrogen-bond donors (Lipinski definition) is 7. The average molecular weight is 1720 g/mol. The first-order chi connectivity index (χ1) is 61.8. The maximum Gasteiger partial charge on any atom is 0.226 e. The number of hydrogen-bond acceptors (Lipinski definition) is 25. The molecule has 4 aliphatic heterocycles. The van der Waals surface area contributed by atoms with Crippen LogP contribution >= 0.6 is 11.6 Å². The molecule has 0 amide bonds. The van der Waals surface area contributed by atoms with Gasteiger partial charge in [0.25, 0.3) is 0 Å². The summed E-state index contributed by atoms with van der Waals surface area (Å²) in [6, 6.07) is 51.3. The Labute approximate surface area is 743 Å². The highest BCUT2D eigenvalue weighted by Gasteiger charge is 2.22. The minimum absolute atomic E-state index is 0.197. The first-order valence-electron chi connectivity index (χ1n) is 45.1. The van der Waals surface area contributed by atoms with Gasteiger partial charge in [-0.1, -0.05) is 161 Å². The maximum atomic E-state index is 6.25. The van der Waals surface area contributed by atoms with Crippen molar-refractivity contribution >= 4 is 96.9 Å². The number of ether oxygens (including phenoxy) is 2. The summed E-state index contributed by atoms with van der Waals surface area (Å²) in [5.41, 5.74) is 27.8. The second-order valence-electron chi connectivity index (χ2n) is 33.2. The molecule has 4 aliphatic rings. The standard InChI is InChI=1S/C29H37N7O.C25H27ClN6O.2C21H29N7/c1-3-4-15-30-29-33-27(31-18-22-11-13-25(37-2)14-12-22)26-19-32-36(28(26)34-29)21-24-9-7-23(8-10-24)20-35-16-5-6-17-35;1-33-21-10-8-18(9-11-21)14-27-23-22-15-28-32(24(22)30-25(26)29-23)17-20-6-4-19(5-7-20)16-31-12-2-3-13-31;2*1-2-3-10-23-21-25-19(22)18-13-24-28(20(18)26-21)15-17-8-6-16(7-9-17)14-27-11-4-5-12-27/h7-14,19H,3-6,15-18,20-21H2,1-2H3,(H2,30,31,33,34);4-11,15H,2-3,12-14,16-17H2,1H3,(H,27,29,30);2*6-9,13H,2-5,10-12,14-15H2,1H3,(H3,22,23,25,26). The fourth-order valence-electron chi connectivity index (χ4n) is 16.3. The number of methoxy groups -OCH3 is 2. The van der Waals surface area contributed by atoms with E-state index in [9.17, 15) is 0 Å². The molecule has 0 saturated carbocycles. The highest BCUT2D eigenvalue weighted by molar-refractivity contribution is 6.28. The summed E-state index contributed by atoms with van der Waals surface area (Å²) in [6.45, 7) is 26.7. The quantitative estimate of drug-likeness (QED) is 0.0142. The molecule has 6 aromatic carbocycles. The molecule has 0 radical (unpaired) electrons. The first kappa shape index (κ1) is 88.7. The highest BCUT2D eigenvalue weighted by atomic mass is 35.5. The molecular formula is C96H122ClN27O2. The van der Waals surface area contributed by atoms with Gasteiger partial charge in [-0.25, -0.2) is 18.7 Å². The van der Waals surface area contributed by atoms with E-state index in [1.165, 1.54) is 148 Å². The molecule has 0 spiro atoms. The van der Waals surface area contributed by atoms with Crippen molar-refractivity contribution in [2.24, 2.45) is 0 Å². The predicted molar refractivity (Wildman–Crippen MR) is 506 cm³/mol. The van der Waals surface area contributed by atoms with Gasteiger partial charge in [-0.3, -0.25) is 19.6 Å². The van der Waals surface area contributed by atoms with Crippen LogP contribution in [-0.4, -0.2) is 185 Å². The van der Waals surface area contributed by atoms with E-state index in [1.54, 1.807) is 32.8 Å². The summed E-state index contributed by atoms with van der Waals surface area (Å²) in [7, 11) is 3.34. The molecule has 12 heterocycles. The third kappa shape index (κ3) is 24.5. The second kappa shape index (κ2) is 44.6. The number of likely N-dealkylation sites (tertiary alicyclic amines) is 4. The molecule has 29 nitrogen and oxygen atoms in total. The van der Waals surface area contributed by atoms with Crippen LogP contribution in [-0.2, 0) is 65.4 Å². The van der Waals surface area contributed by atoms with Crippen LogP contribution in [0.25, 0.3) is 44.1 Å². The number of nitrogens with one attached hydrogen (secondary N) is 5.